The van der Waals surface area contributed by atoms with Crippen LogP contribution in [0.2, 0.25) is 0 Å². The van der Waals surface area contributed by atoms with Crippen molar-refractivity contribution < 1.29 is 13.2 Å². The van der Waals surface area contributed by atoms with Crippen molar-refractivity contribution in [2.24, 2.45) is 22.4 Å². The van der Waals surface area contributed by atoms with Gasteiger partial charge in [-0.2, -0.15) is 18.3 Å². The highest BCUT2D eigenvalue weighted by Gasteiger charge is 2.50. The molecule has 1 aromatic carbocycles. The van der Waals surface area contributed by atoms with Crippen molar-refractivity contribution in [3.63, 3.8) is 0 Å². The van der Waals surface area contributed by atoms with Gasteiger partial charge >= 0.3 is 6.18 Å². The maximum Gasteiger partial charge on any atom is 0.418 e. The number of nitrogens with one attached hydrogen (secondary N) is 2. The highest BCUT2D eigenvalue weighted by molar-refractivity contribution is 7.80. The first-order valence-corrected chi connectivity index (χ1v) is 8.56. The lowest BCUT2D eigenvalue weighted by molar-refractivity contribution is -0.136. The van der Waals surface area contributed by atoms with Gasteiger partial charge in [0.1, 0.15) is 0 Å². The van der Waals surface area contributed by atoms with Crippen LogP contribution in [-0.4, -0.2) is 11.3 Å². The van der Waals surface area contributed by atoms with E-state index in [0.717, 1.165) is 18.4 Å². The van der Waals surface area contributed by atoms with Crippen LogP contribution in [-0.2, 0) is 6.18 Å². The molecule has 0 spiro atoms. The topological polar surface area (TPSA) is 36.4 Å². The molecule has 0 aromatic heterocycles. The van der Waals surface area contributed by atoms with Gasteiger partial charge in [-0.3, -0.25) is 5.43 Å². The van der Waals surface area contributed by atoms with Gasteiger partial charge in [-0.05, 0) is 60.0 Å². The Balaban J connectivity index is 1.60. The third kappa shape index (κ3) is 3.56. The van der Waals surface area contributed by atoms with E-state index in [1.54, 1.807) is 6.21 Å². The minimum atomic E-state index is -4.44. The fourth-order valence-corrected chi connectivity index (χ4v) is 3.86. The first-order valence-electron chi connectivity index (χ1n) is 8.16. The van der Waals surface area contributed by atoms with Gasteiger partial charge in [-0.25, -0.2) is 0 Å². The molecular weight excluding hydrogens is 347 g/mol. The molecule has 1 saturated carbocycles. The molecule has 1 fully saturated rings. The van der Waals surface area contributed by atoms with Crippen LogP contribution in [0.3, 0.4) is 0 Å². The van der Waals surface area contributed by atoms with Crippen LogP contribution >= 0.6 is 12.2 Å². The lowest BCUT2D eigenvalue weighted by Gasteiger charge is -2.55. The second-order valence-corrected chi connectivity index (χ2v) is 7.52. The van der Waals surface area contributed by atoms with Crippen molar-refractivity contribution >= 4 is 29.2 Å². The number of benzene rings is 1. The molecule has 3 aliphatic carbocycles. The summed E-state index contributed by atoms with van der Waals surface area (Å²) in [5, 5.41) is 6.68. The van der Waals surface area contributed by atoms with E-state index in [4.69, 9.17) is 12.2 Å². The molecule has 0 heterocycles. The highest BCUT2D eigenvalue weighted by atomic mass is 32.1. The molecule has 2 N–H and O–H groups in total. The van der Waals surface area contributed by atoms with Gasteiger partial charge in [0.25, 0.3) is 0 Å². The number of anilines is 1. The number of hydrazone groups is 1. The highest BCUT2D eigenvalue weighted by Crippen LogP contribution is 2.58. The summed E-state index contributed by atoms with van der Waals surface area (Å²) in [6.45, 7) is 4.53. The molecule has 0 radical (unpaired) electrons. The third-order valence-electron chi connectivity index (χ3n) is 5.37. The normalized spacial score (nSPS) is 24.4. The Morgan fingerprint density at radius 3 is 2.68 bits per heavy atom. The molecule has 2 atom stereocenters. The Hall–Kier alpha value is -1.89. The number of alkyl halides is 3. The van der Waals surface area contributed by atoms with Crippen molar-refractivity contribution in [2.75, 3.05) is 5.32 Å². The number of hydrogen-bond donors (Lipinski definition) is 2. The second-order valence-electron chi connectivity index (χ2n) is 7.11. The monoisotopic (exact) mass is 367 g/mol. The number of allylic oxidation sites excluding steroid dienone is 2. The molecule has 0 amide bonds. The molecule has 134 valence electrons. The maximum absolute atomic E-state index is 13.0. The zero-order chi connectivity index (χ0) is 18.2. The summed E-state index contributed by atoms with van der Waals surface area (Å²) < 4.78 is 38.9. The first-order chi connectivity index (χ1) is 11.7. The summed E-state index contributed by atoms with van der Waals surface area (Å²) in [6.07, 6.45) is 1.69. The molecule has 3 aliphatic rings. The van der Waals surface area contributed by atoms with E-state index in [0.29, 0.717) is 11.3 Å². The molecule has 0 aliphatic heterocycles. The smallest absolute Gasteiger partial charge is 0.331 e. The van der Waals surface area contributed by atoms with Gasteiger partial charge in [-0.1, -0.05) is 32.1 Å². The van der Waals surface area contributed by atoms with Crippen LogP contribution in [0.15, 0.2) is 41.0 Å². The summed E-state index contributed by atoms with van der Waals surface area (Å²) in [4.78, 5) is 0. The van der Waals surface area contributed by atoms with Crippen molar-refractivity contribution in [3.05, 3.63) is 41.5 Å². The second kappa shape index (κ2) is 6.44. The Morgan fingerprint density at radius 1 is 1.32 bits per heavy atom. The van der Waals surface area contributed by atoms with E-state index in [2.05, 4.69) is 35.8 Å². The molecule has 1 aromatic rings. The Kier molecular flexibility index (Phi) is 4.62. The van der Waals surface area contributed by atoms with Crippen LogP contribution in [0.5, 0.6) is 0 Å². The summed E-state index contributed by atoms with van der Waals surface area (Å²) in [5.41, 5.74) is 3.20. The molecule has 2 bridgehead atoms. The van der Waals surface area contributed by atoms with Crippen molar-refractivity contribution in [2.45, 2.75) is 32.9 Å². The Morgan fingerprint density at radius 2 is 2.04 bits per heavy atom. The number of halogens is 3. The van der Waals surface area contributed by atoms with Gasteiger partial charge in [0.15, 0.2) is 5.11 Å². The molecule has 0 saturated heterocycles. The summed E-state index contributed by atoms with van der Waals surface area (Å²) in [7, 11) is 0. The number of fused-ring (bicyclic) bond motifs is 1. The number of thiocarbonyl (C=S) groups is 1. The predicted octanol–water partition coefficient (Wildman–Crippen LogP) is 4.97. The van der Waals surface area contributed by atoms with Crippen molar-refractivity contribution in [3.8, 4) is 0 Å². The predicted molar refractivity (Wildman–Crippen MR) is 97.4 cm³/mol. The lowest BCUT2D eigenvalue weighted by Crippen LogP contribution is -2.48. The van der Waals surface area contributed by atoms with E-state index in [1.807, 2.05) is 0 Å². The van der Waals surface area contributed by atoms with Gasteiger partial charge in [0.2, 0.25) is 0 Å². The lowest BCUT2D eigenvalue weighted by atomic mass is 9.49. The molecular formula is C18H20F3N3S. The van der Waals surface area contributed by atoms with Crippen LogP contribution < -0.4 is 10.7 Å². The van der Waals surface area contributed by atoms with E-state index in [-0.39, 0.29) is 10.8 Å². The van der Waals surface area contributed by atoms with E-state index < -0.39 is 11.7 Å². The van der Waals surface area contributed by atoms with Gasteiger partial charge in [0.05, 0.1) is 17.5 Å². The number of hydrogen-bond acceptors (Lipinski definition) is 2. The first kappa shape index (κ1) is 17.9. The molecule has 3 nitrogen and oxygen atoms in total. The van der Waals surface area contributed by atoms with Gasteiger partial charge < -0.3 is 5.32 Å². The maximum atomic E-state index is 13.0. The number of para-hydroxylation sites is 1. The van der Waals surface area contributed by atoms with Crippen LogP contribution in [0.4, 0.5) is 18.9 Å². The number of nitrogens with zero attached hydrogens (tertiary/aromatic N) is 1. The van der Waals surface area contributed by atoms with Crippen molar-refractivity contribution in [1.29, 1.82) is 0 Å². The summed E-state index contributed by atoms with van der Waals surface area (Å²) >= 11 is 5.05. The molecule has 25 heavy (non-hydrogen) atoms. The van der Waals surface area contributed by atoms with Crippen LogP contribution in [0.1, 0.15) is 32.3 Å². The SMILES string of the molecule is CC1(C)[C@@H]2CC=C(/C=N\NC(=S)Nc3ccccc3C(F)(F)F)[C@H]1C2. The average molecular weight is 367 g/mol. The summed E-state index contributed by atoms with van der Waals surface area (Å²) in [5.74, 6) is 1.23. The third-order valence-corrected chi connectivity index (χ3v) is 5.56. The van der Waals surface area contributed by atoms with E-state index in [1.165, 1.54) is 30.2 Å². The van der Waals surface area contributed by atoms with Crippen LogP contribution in [0.25, 0.3) is 0 Å². The standard InChI is InChI=1S/C18H20F3N3S/c1-17(2)12-8-7-11(14(17)9-12)10-22-24-16(25)23-15-6-4-3-5-13(15)18(19,20)21/h3-7,10,12,14H,8-9H2,1-2H3,(H2,23,24,25)/b22-10-/t12-,14-/m1/s1. The van der Waals surface area contributed by atoms with Gasteiger partial charge in [0, 0.05) is 0 Å². The van der Waals surface area contributed by atoms with E-state index >= 15 is 0 Å². The van der Waals surface area contributed by atoms with Crippen LogP contribution in [0, 0.1) is 17.3 Å². The Labute approximate surface area is 150 Å². The minimum Gasteiger partial charge on any atom is -0.331 e. The zero-order valence-electron chi connectivity index (χ0n) is 14.0. The quantitative estimate of drug-likeness (QED) is 0.450. The largest absolute Gasteiger partial charge is 0.418 e. The number of rotatable bonds is 3. The minimum absolute atomic E-state index is 0.0232. The van der Waals surface area contributed by atoms with Crippen molar-refractivity contribution in [1.82, 2.24) is 5.43 Å². The van der Waals surface area contributed by atoms with E-state index in [9.17, 15) is 13.2 Å². The molecule has 7 heteroatoms. The molecule has 0 unspecified atom stereocenters. The summed E-state index contributed by atoms with van der Waals surface area (Å²) in [6, 6.07) is 5.20. The average Bonchev–Trinajstić information content (AvgIpc) is 2.54. The fourth-order valence-electron chi connectivity index (χ4n) is 3.70. The van der Waals surface area contributed by atoms with Gasteiger partial charge in [-0.15, -0.1) is 0 Å². The zero-order valence-corrected chi connectivity index (χ0v) is 14.8. The Bertz CT molecular complexity index is 737. The fraction of sp³-hybridized carbons (Fsp3) is 0.444. The molecule has 4 rings (SSSR count).